The Labute approximate surface area is 132 Å². The van der Waals surface area contributed by atoms with Crippen LogP contribution in [-0.2, 0) is 0 Å². The molecule has 1 rings (SSSR count). The average Bonchev–Trinajstić information content (AvgIpc) is 2.53. The van der Waals surface area contributed by atoms with Crippen molar-refractivity contribution < 1.29 is 15.1 Å². The van der Waals surface area contributed by atoms with Crippen molar-refractivity contribution >= 4 is 17.4 Å². The Bertz CT molecular complexity index is 469. The van der Waals surface area contributed by atoms with Gasteiger partial charge in [0.25, 0.3) is 0 Å². The first-order valence-electron chi connectivity index (χ1n) is 7.94. The van der Waals surface area contributed by atoms with Gasteiger partial charge in [-0.2, -0.15) is 0 Å². The van der Waals surface area contributed by atoms with E-state index >= 15 is 0 Å². The van der Waals surface area contributed by atoms with Crippen molar-refractivity contribution in [3.63, 3.8) is 0 Å². The van der Waals surface area contributed by atoms with Gasteiger partial charge >= 0.3 is 5.97 Å². The Kier molecular flexibility index (Phi) is 8.72. The topological polar surface area (TPSA) is 81.9 Å². The van der Waals surface area contributed by atoms with Crippen molar-refractivity contribution in [2.75, 3.05) is 11.9 Å². The lowest BCUT2D eigenvalue weighted by molar-refractivity contribution is 0.0697. The van der Waals surface area contributed by atoms with Crippen molar-refractivity contribution in [2.45, 2.75) is 51.9 Å². The molecule has 0 aliphatic carbocycles. The summed E-state index contributed by atoms with van der Waals surface area (Å²) >= 11 is 0. The summed E-state index contributed by atoms with van der Waals surface area (Å²) in [6.07, 6.45) is 7.49. The van der Waals surface area contributed by atoms with Crippen LogP contribution in [0, 0.1) is 0 Å². The molecule has 0 aliphatic heterocycles. The Morgan fingerprint density at radius 3 is 2.36 bits per heavy atom. The van der Waals surface area contributed by atoms with E-state index in [0.29, 0.717) is 13.0 Å². The fourth-order valence-electron chi connectivity index (χ4n) is 2.24. The molecule has 3 N–H and O–H groups in total. The van der Waals surface area contributed by atoms with E-state index in [9.17, 15) is 4.79 Å². The van der Waals surface area contributed by atoms with E-state index in [1.165, 1.54) is 25.7 Å². The van der Waals surface area contributed by atoms with Crippen LogP contribution in [0.4, 0.5) is 5.69 Å². The second kappa shape index (κ2) is 10.7. The highest BCUT2D eigenvalue weighted by atomic mass is 16.4. The molecule has 0 unspecified atom stereocenters. The number of benzene rings is 1. The molecule has 122 valence electrons. The average molecular weight is 306 g/mol. The molecule has 0 fully saturated rings. The van der Waals surface area contributed by atoms with Gasteiger partial charge in [0.1, 0.15) is 0 Å². The normalized spacial score (nSPS) is 11.4. The van der Waals surface area contributed by atoms with E-state index in [1.807, 2.05) is 0 Å². The fraction of sp³-hybridized carbons (Fsp3) is 0.529. The standard InChI is InChI=1S/C17H26N2O3/c1-2-3-4-5-6-7-16(19-22)12-13-18-15-10-8-14(9-11-15)17(20)21/h8-11,18,22H,2-7,12-13H2,1H3,(H,20,21). The minimum absolute atomic E-state index is 0.273. The molecule has 0 aliphatic rings. The molecule has 5 heteroatoms. The number of nitrogens with one attached hydrogen (secondary N) is 1. The maximum Gasteiger partial charge on any atom is 0.335 e. The van der Waals surface area contributed by atoms with Crippen LogP contribution in [0.15, 0.2) is 29.4 Å². The van der Waals surface area contributed by atoms with Gasteiger partial charge in [-0.3, -0.25) is 0 Å². The number of aromatic carboxylic acids is 1. The summed E-state index contributed by atoms with van der Waals surface area (Å²) in [7, 11) is 0. The summed E-state index contributed by atoms with van der Waals surface area (Å²) in [4.78, 5) is 10.8. The van der Waals surface area contributed by atoms with E-state index < -0.39 is 5.97 Å². The van der Waals surface area contributed by atoms with Gasteiger partial charge in [-0.25, -0.2) is 4.79 Å². The molecule has 0 atom stereocenters. The lowest BCUT2D eigenvalue weighted by Gasteiger charge is -2.08. The zero-order chi connectivity index (χ0) is 16.2. The van der Waals surface area contributed by atoms with E-state index in [2.05, 4.69) is 17.4 Å². The predicted molar refractivity (Wildman–Crippen MR) is 89.1 cm³/mol. The second-order valence-corrected chi connectivity index (χ2v) is 5.39. The van der Waals surface area contributed by atoms with Crippen LogP contribution in [-0.4, -0.2) is 28.5 Å². The number of hydrogen-bond donors (Lipinski definition) is 3. The van der Waals surface area contributed by atoms with Crippen LogP contribution >= 0.6 is 0 Å². The van der Waals surface area contributed by atoms with Crippen LogP contribution in [0.3, 0.4) is 0 Å². The maximum atomic E-state index is 10.8. The van der Waals surface area contributed by atoms with Crippen molar-refractivity contribution in [3.8, 4) is 0 Å². The monoisotopic (exact) mass is 306 g/mol. The number of unbranched alkanes of at least 4 members (excludes halogenated alkanes) is 4. The lowest BCUT2D eigenvalue weighted by atomic mass is 10.1. The largest absolute Gasteiger partial charge is 0.478 e. The molecule has 5 nitrogen and oxygen atoms in total. The molecule has 0 saturated carbocycles. The minimum atomic E-state index is -0.927. The quantitative estimate of drug-likeness (QED) is 0.245. The van der Waals surface area contributed by atoms with Gasteiger partial charge in [0.15, 0.2) is 0 Å². The molecule has 1 aromatic carbocycles. The number of anilines is 1. The van der Waals surface area contributed by atoms with E-state index in [4.69, 9.17) is 10.3 Å². The third-order valence-electron chi connectivity index (χ3n) is 3.58. The van der Waals surface area contributed by atoms with Crippen molar-refractivity contribution in [1.82, 2.24) is 0 Å². The smallest absolute Gasteiger partial charge is 0.335 e. The summed E-state index contributed by atoms with van der Waals surface area (Å²) in [5, 5.41) is 24.4. The number of carboxylic acids is 1. The molecule has 0 bridgehead atoms. The van der Waals surface area contributed by atoms with Gasteiger partial charge in [-0.15, -0.1) is 0 Å². The fourth-order valence-corrected chi connectivity index (χ4v) is 2.24. The zero-order valence-corrected chi connectivity index (χ0v) is 13.2. The zero-order valence-electron chi connectivity index (χ0n) is 13.2. The van der Waals surface area contributed by atoms with E-state index in [0.717, 1.165) is 24.2 Å². The maximum absolute atomic E-state index is 10.8. The molecule has 0 amide bonds. The van der Waals surface area contributed by atoms with Gasteiger partial charge in [-0.05, 0) is 37.1 Å². The molecule has 0 saturated heterocycles. The van der Waals surface area contributed by atoms with Gasteiger partial charge in [0.05, 0.1) is 11.3 Å². The molecule has 1 aromatic rings. The first-order valence-corrected chi connectivity index (χ1v) is 7.94. The highest BCUT2D eigenvalue weighted by Gasteiger charge is 2.03. The Balaban J connectivity index is 2.25. The summed E-state index contributed by atoms with van der Waals surface area (Å²) < 4.78 is 0. The number of oxime groups is 1. The summed E-state index contributed by atoms with van der Waals surface area (Å²) in [5.41, 5.74) is 1.95. The number of nitrogens with zero attached hydrogens (tertiary/aromatic N) is 1. The summed E-state index contributed by atoms with van der Waals surface area (Å²) in [6, 6.07) is 6.62. The molecule has 0 radical (unpaired) electrons. The first-order chi connectivity index (χ1) is 10.7. The van der Waals surface area contributed by atoms with E-state index in [-0.39, 0.29) is 5.56 Å². The summed E-state index contributed by atoms with van der Waals surface area (Å²) in [6.45, 7) is 2.86. The number of carboxylic acid groups (broad SMARTS) is 1. The number of rotatable bonds is 11. The number of carbonyl (C=O) groups is 1. The van der Waals surface area contributed by atoms with Gasteiger partial charge in [0.2, 0.25) is 0 Å². The van der Waals surface area contributed by atoms with Crippen molar-refractivity contribution in [2.24, 2.45) is 5.16 Å². The molecule has 0 heterocycles. The van der Waals surface area contributed by atoms with Crippen LogP contribution in [0.25, 0.3) is 0 Å². The van der Waals surface area contributed by atoms with Crippen LogP contribution in [0.2, 0.25) is 0 Å². The van der Waals surface area contributed by atoms with E-state index in [1.54, 1.807) is 24.3 Å². The second-order valence-electron chi connectivity index (χ2n) is 5.39. The van der Waals surface area contributed by atoms with Gasteiger partial charge < -0.3 is 15.6 Å². The summed E-state index contributed by atoms with van der Waals surface area (Å²) in [5.74, 6) is -0.927. The predicted octanol–water partition coefficient (Wildman–Crippen LogP) is 4.38. The first kappa shape index (κ1) is 18.0. The highest BCUT2D eigenvalue weighted by Crippen LogP contribution is 2.11. The molecular formula is C17H26N2O3. The number of hydrogen-bond acceptors (Lipinski definition) is 4. The van der Waals surface area contributed by atoms with Crippen LogP contribution in [0.1, 0.15) is 62.2 Å². The lowest BCUT2D eigenvalue weighted by Crippen LogP contribution is -2.09. The SMILES string of the molecule is CCCCCCCC(CCNc1ccc(C(=O)O)cc1)=NO. The van der Waals surface area contributed by atoms with Gasteiger partial charge in [0, 0.05) is 18.7 Å². The van der Waals surface area contributed by atoms with Crippen molar-refractivity contribution in [1.29, 1.82) is 0 Å². The van der Waals surface area contributed by atoms with Crippen molar-refractivity contribution in [3.05, 3.63) is 29.8 Å². The third-order valence-corrected chi connectivity index (χ3v) is 3.58. The molecule has 22 heavy (non-hydrogen) atoms. The van der Waals surface area contributed by atoms with Crippen LogP contribution in [0.5, 0.6) is 0 Å². The molecular weight excluding hydrogens is 280 g/mol. The third kappa shape index (κ3) is 7.11. The van der Waals surface area contributed by atoms with Gasteiger partial charge in [-0.1, -0.05) is 37.8 Å². The highest BCUT2D eigenvalue weighted by molar-refractivity contribution is 5.88. The van der Waals surface area contributed by atoms with Crippen LogP contribution < -0.4 is 5.32 Å². The minimum Gasteiger partial charge on any atom is -0.478 e. The molecule has 0 aromatic heterocycles. The Morgan fingerprint density at radius 2 is 1.77 bits per heavy atom. The molecule has 0 spiro atoms. The Morgan fingerprint density at radius 1 is 1.09 bits per heavy atom. The Hall–Kier alpha value is -2.04.